The fourth-order valence-corrected chi connectivity index (χ4v) is 2.88. The maximum atomic E-state index is 13.1. The van der Waals surface area contributed by atoms with Gasteiger partial charge in [0.2, 0.25) is 0 Å². The number of anilines is 1. The van der Waals surface area contributed by atoms with Crippen molar-refractivity contribution in [3.8, 4) is 5.75 Å². The molecule has 30 heavy (non-hydrogen) atoms. The van der Waals surface area contributed by atoms with E-state index >= 15 is 0 Å². The zero-order valence-corrected chi connectivity index (χ0v) is 16.6. The zero-order chi connectivity index (χ0) is 21.3. The van der Waals surface area contributed by atoms with Gasteiger partial charge >= 0.3 is 0 Å². The summed E-state index contributed by atoms with van der Waals surface area (Å²) in [7, 11) is 0. The summed E-state index contributed by atoms with van der Waals surface area (Å²) in [6.45, 7) is 2.19. The van der Waals surface area contributed by atoms with Crippen LogP contribution in [0.15, 0.2) is 78.9 Å². The molecule has 0 bridgehead atoms. The zero-order valence-electron chi connectivity index (χ0n) is 16.6. The third kappa shape index (κ3) is 5.67. The van der Waals surface area contributed by atoms with E-state index in [0.717, 1.165) is 5.56 Å². The lowest BCUT2D eigenvalue weighted by Gasteiger charge is -2.18. The topological polar surface area (TPSA) is 67.4 Å². The van der Waals surface area contributed by atoms with Gasteiger partial charge in [-0.25, -0.2) is 4.39 Å². The number of carbonyl (C=O) groups is 2. The smallest absolute Gasteiger partial charge is 0.265 e. The van der Waals surface area contributed by atoms with Crippen LogP contribution in [0.4, 0.5) is 10.1 Å². The Bertz CT molecular complexity index is 991. The Balaban J connectivity index is 1.67. The number of hydrogen-bond acceptors (Lipinski definition) is 3. The molecule has 5 nitrogen and oxygen atoms in total. The average Bonchev–Trinajstić information content (AvgIpc) is 2.78. The SMILES string of the molecule is CCC(Oc1ccc(F)cc1)C(=O)Nc1ccccc1C(=O)NCc1ccccc1. The van der Waals surface area contributed by atoms with Crippen molar-refractivity contribution < 1.29 is 18.7 Å². The summed E-state index contributed by atoms with van der Waals surface area (Å²) in [4.78, 5) is 25.4. The van der Waals surface area contributed by atoms with Crippen LogP contribution in [0.3, 0.4) is 0 Å². The Labute approximate surface area is 174 Å². The minimum absolute atomic E-state index is 0.290. The minimum atomic E-state index is -0.782. The van der Waals surface area contributed by atoms with Crippen LogP contribution in [-0.2, 0) is 11.3 Å². The molecular formula is C24H23FN2O3. The Morgan fingerprint density at radius 3 is 2.30 bits per heavy atom. The Morgan fingerprint density at radius 2 is 1.60 bits per heavy atom. The van der Waals surface area contributed by atoms with Crippen LogP contribution in [0, 0.1) is 5.82 Å². The van der Waals surface area contributed by atoms with Gasteiger partial charge in [0.25, 0.3) is 11.8 Å². The van der Waals surface area contributed by atoms with Crippen LogP contribution < -0.4 is 15.4 Å². The Morgan fingerprint density at radius 1 is 0.933 bits per heavy atom. The van der Waals surface area contributed by atoms with Gasteiger partial charge < -0.3 is 15.4 Å². The molecule has 3 aromatic rings. The van der Waals surface area contributed by atoms with Gasteiger partial charge in [-0.3, -0.25) is 9.59 Å². The molecule has 0 saturated carbocycles. The second kappa shape index (κ2) is 10.2. The number of amides is 2. The molecule has 0 heterocycles. The lowest BCUT2D eigenvalue weighted by atomic mass is 10.1. The van der Waals surface area contributed by atoms with Crippen molar-refractivity contribution in [1.29, 1.82) is 0 Å². The minimum Gasteiger partial charge on any atom is -0.481 e. The van der Waals surface area contributed by atoms with Gasteiger partial charge in [0.15, 0.2) is 6.10 Å². The number of nitrogens with one attached hydrogen (secondary N) is 2. The summed E-state index contributed by atoms with van der Waals surface area (Å²) in [5, 5.41) is 5.63. The van der Waals surface area contributed by atoms with Crippen molar-refractivity contribution in [2.75, 3.05) is 5.32 Å². The van der Waals surface area contributed by atoms with Gasteiger partial charge in [0.05, 0.1) is 11.3 Å². The van der Waals surface area contributed by atoms with E-state index in [2.05, 4.69) is 10.6 Å². The quantitative estimate of drug-likeness (QED) is 0.577. The van der Waals surface area contributed by atoms with E-state index in [0.29, 0.717) is 30.0 Å². The molecule has 0 fully saturated rings. The van der Waals surface area contributed by atoms with Gasteiger partial charge in [0.1, 0.15) is 11.6 Å². The number of benzene rings is 3. The van der Waals surface area contributed by atoms with Crippen LogP contribution in [0.2, 0.25) is 0 Å². The first-order chi connectivity index (χ1) is 14.6. The summed E-state index contributed by atoms with van der Waals surface area (Å²) in [5.74, 6) is -0.657. The van der Waals surface area contributed by atoms with Crippen molar-refractivity contribution in [2.45, 2.75) is 26.0 Å². The molecular weight excluding hydrogens is 383 g/mol. The van der Waals surface area contributed by atoms with Crippen LogP contribution in [0.25, 0.3) is 0 Å². The van der Waals surface area contributed by atoms with Gasteiger partial charge in [-0.15, -0.1) is 0 Å². The molecule has 1 atom stereocenters. The van der Waals surface area contributed by atoms with Gasteiger partial charge in [0, 0.05) is 6.54 Å². The highest BCUT2D eigenvalue weighted by molar-refractivity contribution is 6.04. The highest BCUT2D eigenvalue weighted by Gasteiger charge is 2.21. The Kier molecular flexibility index (Phi) is 7.16. The van der Waals surface area contributed by atoms with E-state index in [1.165, 1.54) is 24.3 Å². The standard InChI is InChI=1S/C24H23FN2O3/c1-2-22(30-19-14-12-18(25)13-15-19)24(29)27-21-11-7-6-10-20(21)23(28)26-16-17-8-4-3-5-9-17/h3-15,22H,2,16H2,1H3,(H,26,28)(H,27,29). The summed E-state index contributed by atoms with van der Waals surface area (Å²) >= 11 is 0. The normalized spacial score (nSPS) is 11.4. The highest BCUT2D eigenvalue weighted by atomic mass is 19.1. The molecule has 0 spiro atoms. The highest BCUT2D eigenvalue weighted by Crippen LogP contribution is 2.18. The van der Waals surface area contributed by atoms with Crippen molar-refractivity contribution in [2.24, 2.45) is 0 Å². The molecule has 0 aliphatic heterocycles. The molecule has 0 aromatic heterocycles. The van der Waals surface area contributed by atoms with Gasteiger partial charge in [-0.2, -0.15) is 0 Å². The molecule has 0 aliphatic carbocycles. The number of rotatable bonds is 8. The summed E-state index contributed by atoms with van der Waals surface area (Å²) in [6.07, 6.45) is -0.373. The summed E-state index contributed by atoms with van der Waals surface area (Å²) in [5.41, 5.74) is 1.73. The first-order valence-corrected chi connectivity index (χ1v) is 9.71. The number of halogens is 1. The number of ether oxygens (including phenoxy) is 1. The molecule has 0 radical (unpaired) electrons. The number of para-hydroxylation sites is 1. The molecule has 3 rings (SSSR count). The van der Waals surface area contributed by atoms with E-state index in [4.69, 9.17) is 4.74 Å². The van der Waals surface area contributed by atoms with Crippen LogP contribution >= 0.6 is 0 Å². The Hall–Kier alpha value is -3.67. The van der Waals surface area contributed by atoms with Crippen molar-refractivity contribution >= 4 is 17.5 Å². The molecule has 6 heteroatoms. The maximum absolute atomic E-state index is 13.1. The lowest BCUT2D eigenvalue weighted by Crippen LogP contribution is -2.33. The van der Waals surface area contributed by atoms with Crippen molar-refractivity contribution in [3.05, 3.63) is 95.8 Å². The predicted molar refractivity (Wildman–Crippen MR) is 114 cm³/mol. The molecule has 0 aliphatic rings. The van der Waals surface area contributed by atoms with E-state index < -0.39 is 6.10 Å². The molecule has 1 unspecified atom stereocenters. The van der Waals surface area contributed by atoms with E-state index in [1.807, 2.05) is 37.3 Å². The molecule has 154 valence electrons. The third-order valence-electron chi connectivity index (χ3n) is 4.48. The molecule has 0 saturated heterocycles. The third-order valence-corrected chi connectivity index (χ3v) is 4.48. The fourth-order valence-electron chi connectivity index (χ4n) is 2.88. The molecule has 2 amide bonds. The average molecular weight is 406 g/mol. The molecule has 3 aromatic carbocycles. The fraction of sp³-hybridized carbons (Fsp3) is 0.167. The maximum Gasteiger partial charge on any atom is 0.265 e. The van der Waals surface area contributed by atoms with Crippen LogP contribution in [-0.4, -0.2) is 17.9 Å². The van der Waals surface area contributed by atoms with Crippen molar-refractivity contribution in [3.63, 3.8) is 0 Å². The number of hydrogen-bond donors (Lipinski definition) is 2. The lowest BCUT2D eigenvalue weighted by molar-refractivity contribution is -0.122. The molecule has 2 N–H and O–H groups in total. The first kappa shape index (κ1) is 21.0. The van der Waals surface area contributed by atoms with Gasteiger partial charge in [-0.1, -0.05) is 49.4 Å². The van der Waals surface area contributed by atoms with E-state index in [-0.39, 0.29) is 17.6 Å². The predicted octanol–water partition coefficient (Wildman–Crippen LogP) is 4.55. The second-order valence-electron chi connectivity index (χ2n) is 6.67. The van der Waals surface area contributed by atoms with E-state index in [1.54, 1.807) is 24.3 Å². The summed E-state index contributed by atoms with van der Waals surface area (Å²) in [6, 6.07) is 21.8. The first-order valence-electron chi connectivity index (χ1n) is 9.71. The summed E-state index contributed by atoms with van der Waals surface area (Å²) < 4.78 is 18.7. The monoisotopic (exact) mass is 406 g/mol. The second-order valence-corrected chi connectivity index (χ2v) is 6.67. The van der Waals surface area contributed by atoms with Crippen molar-refractivity contribution in [1.82, 2.24) is 5.32 Å². The number of carbonyl (C=O) groups excluding carboxylic acids is 2. The van der Waals surface area contributed by atoms with E-state index in [9.17, 15) is 14.0 Å². The van der Waals surface area contributed by atoms with Crippen LogP contribution in [0.1, 0.15) is 29.3 Å². The largest absolute Gasteiger partial charge is 0.481 e. The van der Waals surface area contributed by atoms with Crippen LogP contribution in [0.5, 0.6) is 5.75 Å². The van der Waals surface area contributed by atoms with Gasteiger partial charge in [-0.05, 0) is 48.4 Å².